The van der Waals surface area contributed by atoms with Crippen molar-refractivity contribution in [2.75, 3.05) is 0 Å². The Bertz CT molecular complexity index is 2780. The zero-order valence-corrected chi connectivity index (χ0v) is 26.4. The molecule has 9 aromatic carbocycles. The summed E-state index contributed by atoms with van der Waals surface area (Å²) in [5.41, 5.74) is 7.60. The van der Waals surface area contributed by atoms with E-state index in [9.17, 15) is 0 Å². The Morgan fingerprint density at radius 2 is 0.766 bits per heavy atom. The predicted octanol–water partition coefficient (Wildman–Crippen LogP) is 13.7. The Labute approximate surface area is 276 Å². The van der Waals surface area contributed by atoms with Gasteiger partial charge in [0.05, 0.1) is 0 Å². The van der Waals surface area contributed by atoms with Crippen LogP contribution in [0, 0.1) is 0 Å². The lowest BCUT2D eigenvalue weighted by Crippen LogP contribution is -1.91. The van der Waals surface area contributed by atoms with E-state index in [1.807, 2.05) is 11.3 Å². The highest BCUT2D eigenvalue weighted by molar-refractivity contribution is 7.26. The maximum atomic E-state index is 2.42. The van der Waals surface area contributed by atoms with Crippen molar-refractivity contribution in [3.63, 3.8) is 0 Å². The molecule has 0 spiro atoms. The van der Waals surface area contributed by atoms with E-state index in [0.717, 1.165) is 0 Å². The standard InChI is InChI=1S/C46H28S/c1-2-10-29(11-3-1)31-18-19-33-27-34(21-20-32(33)26-31)44-38-14-6-8-16-40(38)45(41-17-9-7-15-39(41)44)35-23-24-37-42-25-22-30-12-4-5-13-36(30)46(42)47-43(37)28-35/h1-28H. The lowest BCUT2D eigenvalue weighted by atomic mass is 9.85. The van der Waals surface area contributed by atoms with Crippen LogP contribution in [0.3, 0.4) is 0 Å². The molecule has 0 bridgehead atoms. The lowest BCUT2D eigenvalue weighted by Gasteiger charge is -2.18. The summed E-state index contributed by atoms with van der Waals surface area (Å²) in [6.45, 7) is 0. The average molecular weight is 613 g/mol. The number of hydrogen-bond donors (Lipinski definition) is 0. The fourth-order valence-electron chi connectivity index (χ4n) is 7.62. The van der Waals surface area contributed by atoms with Gasteiger partial charge in [0, 0.05) is 20.2 Å². The first-order valence-electron chi connectivity index (χ1n) is 16.2. The van der Waals surface area contributed by atoms with Crippen molar-refractivity contribution in [3.05, 3.63) is 170 Å². The molecule has 0 amide bonds. The largest absolute Gasteiger partial charge is 0.135 e. The molecule has 1 heterocycles. The van der Waals surface area contributed by atoms with E-state index in [2.05, 4.69) is 170 Å². The molecule has 0 aliphatic carbocycles. The molecule has 10 rings (SSSR count). The summed E-state index contributed by atoms with van der Waals surface area (Å²) in [5, 5.41) is 12.9. The predicted molar refractivity (Wildman–Crippen MR) is 206 cm³/mol. The second-order valence-electron chi connectivity index (χ2n) is 12.5. The van der Waals surface area contributed by atoms with Gasteiger partial charge in [0.2, 0.25) is 0 Å². The molecule has 1 heteroatoms. The van der Waals surface area contributed by atoms with Crippen molar-refractivity contribution in [2.24, 2.45) is 0 Å². The van der Waals surface area contributed by atoms with Gasteiger partial charge in [0.1, 0.15) is 0 Å². The van der Waals surface area contributed by atoms with Crippen LogP contribution < -0.4 is 0 Å². The molecular weight excluding hydrogens is 585 g/mol. The molecule has 0 saturated carbocycles. The van der Waals surface area contributed by atoms with Gasteiger partial charge in [-0.2, -0.15) is 0 Å². The molecule has 0 aliphatic rings. The Hall–Kier alpha value is -5.76. The number of fused-ring (bicyclic) bond motifs is 8. The highest BCUT2D eigenvalue weighted by atomic mass is 32.1. The van der Waals surface area contributed by atoms with E-state index in [4.69, 9.17) is 0 Å². The zero-order chi connectivity index (χ0) is 30.9. The van der Waals surface area contributed by atoms with Crippen LogP contribution in [0.2, 0.25) is 0 Å². The molecule has 47 heavy (non-hydrogen) atoms. The van der Waals surface area contributed by atoms with Gasteiger partial charge in [-0.15, -0.1) is 11.3 Å². The van der Waals surface area contributed by atoms with Crippen LogP contribution in [0.15, 0.2) is 170 Å². The summed E-state index contributed by atoms with van der Waals surface area (Å²) >= 11 is 1.91. The maximum Gasteiger partial charge on any atom is 0.0433 e. The average Bonchev–Trinajstić information content (AvgIpc) is 3.52. The van der Waals surface area contributed by atoms with E-state index in [1.165, 1.54) is 96.6 Å². The third-order valence-electron chi connectivity index (χ3n) is 9.82. The van der Waals surface area contributed by atoms with Crippen molar-refractivity contribution >= 4 is 74.6 Å². The van der Waals surface area contributed by atoms with Gasteiger partial charge in [-0.05, 0) is 94.7 Å². The fraction of sp³-hybridized carbons (Fsp3) is 0. The minimum atomic E-state index is 1.24. The second-order valence-corrected chi connectivity index (χ2v) is 13.5. The number of benzene rings is 9. The summed E-state index contributed by atoms with van der Waals surface area (Å²) in [5.74, 6) is 0. The van der Waals surface area contributed by atoms with E-state index < -0.39 is 0 Å². The molecule has 0 nitrogen and oxygen atoms in total. The van der Waals surface area contributed by atoms with Gasteiger partial charge >= 0.3 is 0 Å². The van der Waals surface area contributed by atoms with Gasteiger partial charge < -0.3 is 0 Å². The van der Waals surface area contributed by atoms with Crippen LogP contribution >= 0.6 is 11.3 Å². The Balaban J connectivity index is 1.19. The van der Waals surface area contributed by atoms with Gasteiger partial charge in [0.15, 0.2) is 0 Å². The van der Waals surface area contributed by atoms with Gasteiger partial charge in [-0.1, -0.05) is 152 Å². The monoisotopic (exact) mass is 612 g/mol. The van der Waals surface area contributed by atoms with Crippen LogP contribution in [0.5, 0.6) is 0 Å². The minimum absolute atomic E-state index is 1.24. The molecule has 0 atom stereocenters. The first kappa shape index (κ1) is 26.5. The normalized spacial score (nSPS) is 11.8. The van der Waals surface area contributed by atoms with Crippen molar-refractivity contribution in [3.8, 4) is 33.4 Å². The topological polar surface area (TPSA) is 0 Å². The number of rotatable bonds is 3. The molecule has 0 unspecified atom stereocenters. The third-order valence-corrected chi connectivity index (χ3v) is 11.0. The minimum Gasteiger partial charge on any atom is -0.135 e. The third kappa shape index (κ3) is 4.14. The molecule has 0 aliphatic heterocycles. The van der Waals surface area contributed by atoms with Crippen LogP contribution in [0.25, 0.3) is 96.6 Å². The highest BCUT2D eigenvalue weighted by Gasteiger charge is 2.18. The van der Waals surface area contributed by atoms with Gasteiger partial charge in [-0.3, -0.25) is 0 Å². The molecule has 218 valence electrons. The molecule has 0 saturated heterocycles. The Morgan fingerprint density at radius 1 is 0.277 bits per heavy atom. The van der Waals surface area contributed by atoms with E-state index >= 15 is 0 Å². The van der Waals surface area contributed by atoms with Gasteiger partial charge in [0.25, 0.3) is 0 Å². The zero-order valence-electron chi connectivity index (χ0n) is 25.6. The lowest BCUT2D eigenvalue weighted by molar-refractivity contribution is 1.64. The quantitative estimate of drug-likeness (QED) is 0.174. The number of thiophene rings is 1. The maximum absolute atomic E-state index is 2.42. The molecule has 1 aromatic heterocycles. The van der Waals surface area contributed by atoms with Gasteiger partial charge in [-0.25, -0.2) is 0 Å². The second kappa shape index (κ2) is 10.4. The Kier molecular flexibility index (Phi) is 5.85. The van der Waals surface area contributed by atoms with E-state index in [1.54, 1.807) is 0 Å². The van der Waals surface area contributed by atoms with Crippen LogP contribution in [-0.4, -0.2) is 0 Å². The van der Waals surface area contributed by atoms with Crippen molar-refractivity contribution < 1.29 is 0 Å². The van der Waals surface area contributed by atoms with Crippen LogP contribution in [0.1, 0.15) is 0 Å². The molecular formula is C46H28S. The highest BCUT2D eigenvalue weighted by Crippen LogP contribution is 2.46. The molecule has 0 radical (unpaired) electrons. The van der Waals surface area contributed by atoms with E-state index in [-0.39, 0.29) is 0 Å². The van der Waals surface area contributed by atoms with Crippen molar-refractivity contribution in [2.45, 2.75) is 0 Å². The summed E-state index contributed by atoms with van der Waals surface area (Å²) in [6.07, 6.45) is 0. The first-order chi connectivity index (χ1) is 23.3. The molecule has 0 N–H and O–H groups in total. The van der Waals surface area contributed by atoms with E-state index in [0.29, 0.717) is 0 Å². The molecule has 10 aromatic rings. The SMILES string of the molecule is c1ccc(-c2ccc3cc(-c4c5ccccc5c(-c5ccc6c(c5)sc5c7ccccc7ccc65)c5ccccc45)ccc3c2)cc1. The molecule has 0 fully saturated rings. The summed E-state index contributed by atoms with van der Waals surface area (Å²) in [6, 6.07) is 62.7. The summed E-state index contributed by atoms with van der Waals surface area (Å²) in [4.78, 5) is 0. The fourth-order valence-corrected chi connectivity index (χ4v) is 8.90. The summed E-state index contributed by atoms with van der Waals surface area (Å²) in [7, 11) is 0. The summed E-state index contributed by atoms with van der Waals surface area (Å²) < 4.78 is 2.70. The van der Waals surface area contributed by atoms with Crippen molar-refractivity contribution in [1.82, 2.24) is 0 Å². The first-order valence-corrected chi connectivity index (χ1v) is 17.0. The number of hydrogen-bond acceptors (Lipinski definition) is 1. The van der Waals surface area contributed by atoms with Crippen LogP contribution in [0.4, 0.5) is 0 Å². The smallest absolute Gasteiger partial charge is 0.0433 e. The Morgan fingerprint density at radius 3 is 1.45 bits per heavy atom. The van der Waals surface area contributed by atoms with Crippen molar-refractivity contribution in [1.29, 1.82) is 0 Å². The van der Waals surface area contributed by atoms with Crippen LogP contribution in [-0.2, 0) is 0 Å².